The van der Waals surface area contributed by atoms with Crippen LogP contribution in [0.25, 0.3) is 11.4 Å². The first-order valence-corrected chi connectivity index (χ1v) is 9.78. The quantitative estimate of drug-likeness (QED) is 0.667. The fourth-order valence-corrected chi connectivity index (χ4v) is 3.83. The van der Waals surface area contributed by atoms with Crippen molar-refractivity contribution in [2.24, 2.45) is 0 Å². The first-order valence-electron chi connectivity index (χ1n) is 9.78. The van der Waals surface area contributed by atoms with Crippen molar-refractivity contribution in [3.8, 4) is 11.4 Å². The van der Waals surface area contributed by atoms with Gasteiger partial charge in [-0.1, -0.05) is 52.2 Å². The molecular weight excluding hydrogens is 350 g/mol. The molecule has 0 bridgehead atoms. The monoisotopic (exact) mass is 375 g/mol. The number of hydrogen-bond acceptors (Lipinski definition) is 4. The van der Waals surface area contributed by atoms with Crippen LogP contribution in [0.5, 0.6) is 0 Å². The zero-order valence-electron chi connectivity index (χ0n) is 16.6. The summed E-state index contributed by atoms with van der Waals surface area (Å²) in [6, 6.07) is 14.1. The van der Waals surface area contributed by atoms with E-state index in [1.165, 1.54) is 5.56 Å². The maximum atomic E-state index is 12.8. The summed E-state index contributed by atoms with van der Waals surface area (Å²) in [5.74, 6) is 1.61. The van der Waals surface area contributed by atoms with Crippen molar-refractivity contribution in [2.45, 2.75) is 39.5 Å². The molecule has 1 fully saturated rings. The van der Waals surface area contributed by atoms with Gasteiger partial charge in [0.25, 0.3) is 5.91 Å². The summed E-state index contributed by atoms with van der Waals surface area (Å²) >= 11 is 0. The smallest absolute Gasteiger partial charge is 0.253 e. The number of nitrogens with zero attached hydrogens (tertiary/aromatic N) is 3. The molecule has 0 atom stereocenters. The number of likely N-dealkylation sites (tertiary alicyclic amines) is 1. The molecule has 2 aromatic carbocycles. The summed E-state index contributed by atoms with van der Waals surface area (Å²) in [6.07, 6.45) is 1.68. The van der Waals surface area contributed by atoms with Gasteiger partial charge in [0.05, 0.1) is 0 Å². The number of benzene rings is 2. The van der Waals surface area contributed by atoms with E-state index in [1.54, 1.807) is 0 Å². The molecule has 28 heavy (non-hydrogen) atoms. The lowest BCUT2D eigenvalue weighted by Gasteiger charge is -2.30. The molecule has 1 amide bonds. The van der Waals surface area contributed by atoms with Crippen LogP contribution in [0.2, 0.25) is 0 Å². The summed E-state index contributed by atoms with van der Waals surface area (Å²) in [6.45, 7) is 7.52. The van der Waals surface area contributed by atoms with Gasteiger partial charge >= 0.3 is 0 Å². The minimum atomic E-state index is 0.108. The Morgan fingerprint density at radius 2 is 1.61 bits per heavy atom. The molecule has 0 unspecified atom stereocenters. The van der Waals surface area contributed by atoms with Crippen molar-refractivity contribution < 1.29 is 9.32 Å². The molecule has 0 N–H and O–H groups in total. The molecule has 0 saturated carbocycles. The largest absolute Gasteiger partial charge is 0.339 e. The number of carbonyl (C=O) groups is 1. The Morgan fingerprint density at radius 3 is 2.25 bits per heavy atom. The van der Waals surface area contributed by atoms with Crippen LogP contribution in [0.4, 0.5) is 0 Å². The van der Waals surface area contributed by atoms with Crippen LogP contribution in [0, 0.1) is 20.8 Å². The molecule has 5 nitrogen and oxygen atoms in total. The molecule has 3 aromatic rings. The minimum absolute atomic E-state index is 0.108. The second-order valence-corrected chi connectivity index (χ2v) is 7.77. The third-order valence-corrected chi connectivity index (χ3v) is 5.35. The van der Waals surface area contributed by atoms with Crippen molar-refractivity contribution in [3.05, 3.63) is 70.6 Å². The Balaban J connectivity index is 1.41. The standard InChI is InChI=1S/C23H25N3O2/c1-15-4-6-18(7-5-15)21-24-22(28-25-21)19-8-10-26(11-9-19)23(27)20-13-16(2)12-17(3)14-20/h4-7,12-14,19H,8-11H2,1-3H3. The SMILES string of the molecule is Cc1ccc(-c2noc(C3CCN(C(=O)c4cc(C)cc(C)c4)CC3)n2)cc1. The minimum Gasteiger partial charge on any atom is -0.339 e. The molecule has 144 valence electrons. The van der Waals surface area contributed by atoms with Gasteiger partial charge in [0.2, 0.25) is 11.7 Å². The number of amides is 1. The Morgan fingerprint density at radius 1 is 0.964 bits per heavy atom. The van der Waals surface area contributed by atoms with E-state index in [0.717, 1.165) is 35.1 Å². The maximum absolute atomic E-state index is 12.8. The van der Waals surface area contributed by atoms with Crippen molar-refractivity contribution in [1.82, 2.24) is 15.0 Å². The fourth-order valence-electron chi connectivity index (χ4n) is 3.83. The van der Waals surface area contributed by atoms with Crippen molar-refractivity contribution in [3.63, 3.8) is 0 Å². The highest BCUT2D eigenvalue weighted by molar-refractivity contribution is 5.94. The van der Waals surface area contributed by atoms with Crippen molar-refractivity contribution in [1.29, 1.82) is 0 Å². The fraction of sp³-hybridized carbons (Fsp3) is 0.348. The molecule has 2 heterocycles. The van der Waals surface area contributed by atoms with Gasteiger partial charge in [-0.2, -0.15) is 4.98 Å². The lowest BCUT2D eigenvalue weighted by atomic mass is 9.96. The van der Waals surface area contributed by atoms with E-state index in [2.05, 4.69) is 23.1 Å². The van der Waals surface area contributed by atoms with Gasteiger partial charge in [0.15, 0.2) is 0 Å². The molecule has 1 aromatic heterocycles. The number of carbonyl (C=O) groups excluding carboxylic acids is 1. The number of hydrogen-bond donors (Lipinski definition) is 0. The topological polar surface area (TPSA) is 59.2 Å². The molecule has 0 aliphatic carbocycles. The van der Waals surface area contributed by atoms with Crippen LogP contribution in [0.1, 0.15) is 51.7 Å². The van der Waals surface area contributed by atoms with E-state index < -0.39 is 0 Å². The highest BCUT2D eigenvalue weighted by atomic mass is 16.5. The van der Waals surface area contributed by atoms with E-state index in [9.17, 15) is 4.79 Å². The average molecular weight is 375 g/mol. The molecule has 1 aliphatic rings. The predicted octanol–water partition coefficient (Wildman–Crippen LogP) is 4.68. The van der Waals surface area contributed by atoms with Gasteiger partial charge in [0, 0.05) is 30.1 Å². The summed E-state index contributed by atoms with van der Waals surface area (Å²) in [5, 5.41) is 4.15. The van der Waals surface area contributed by atoms with Gasteiger partial charge in [0.1, 0.15) is 0 Å². The van der Waals surface area contributed by atoms with E-state index in [-0.39, 0.29) is 11.8 Å². The van der Waals surface area contributed by atoms with E-state index >= 15 is 0 Å². The van der Waals surface area contributed by atoms with Crippen LogP contribution in [0.15, 0.2) is 47.0 Å². The van der Waals surface area contributed by atoms with Crippen LogP contribution in [-0.2, 0) is 0 Å². The second-order valence-electron chi connectivity index (χ2n) is 7.77. The van der Waals surface area contributed by atoms with Crippen LogP contribution in [-0.4, -0.2) is 34.0 Å². The molecule has 0 radical (unpaired) electrons. The summed E-state index contributed by atoms with van der Waals surface area (Å²) in [7, 11) is 0. The summed E-state index contributed by atoms with van der Waals surface area (Å²) in [5.41, 5.74) is 5.17. The highest BCUT2D eigenvalue weighted by Gasteiger charge is 2.28. The molecule has 1 saturated heterocycles. The Labute approximate surface area is 165 Å². The van der Waals surface area contributed by atoms with E-state index in [4.69, 9.17) is 4.52 Å². The lowest BCUT2D eigenvalue weighted by molar-refractivity contribution is 0.0704. The van der Waals surface area contributed by atoms with Gasteiger partial charge in [-0.25, -0.2) is 0 Å². The normalized spacial score (nSPS) is 15.0. The number of aryl methyl sites for hydroxylation is 3. The lowest BCUT2D eigenvalue weighted by Crippen LogP contribution is -2.38. The van der Waals surface area contributed by atoms with Gasteiger partial charge < -0.3 is 9.42 Å². The molecule has 1 aliphatic heterocycles. The number of rotatable bonds is 3. The molecule has 0 spiro atoms. The average Bonchev–Trinajstić information content (AvgIpc) is 3.17. The van der Waals surface area contributed by atoms with Gasteiger partial charge in [-0.15, -0.1) is 0 Å². The van der Waals surface area contributed by atoms with E-state index in [0.29, 0.717) is 24.8 Å². The summed E-state index contributed by atoms with van der Waals surface area (Å²) < 4.78 is 5.54. The second kappa shape index (κ2) is 7.58. The Hall–Kier alpha value is -2.95. The zero-order chi connectivity index (χ0) is 19.7. The van der Waals surface area contributed by atoms with Crippen LogP contribution in [0.3, 0.4) is 0 Å². The molecule has 5 heteroatoms. The highest BCUT2D eigenvalue weighted by Crippen LogP contribution is 2.29. The predicted molar refractivity (Wildman–Crippen MR) is 108 cm³/mol. The molecular formula is C23H25N3O2. The summed E-state index contributed by atoms with van der Waals surface area (Å²) in [4.78, 5) is 19.4. The number of piperidine rings is 1. The third kappa shape index (κ3) is 3.84. The molecule has 4 rings (SSSR count). The number of aromatic nitrogens is 2. The van der Waals surface area contributed by atoms with Crippen LogP contribution < -0.4 is 0 Å². The van der Waals surface area contributed by atoms with Crippen LogP contribution >= 0.6 is 0 Å². The Bertz CT molecular complexity index is 963. The first kappa shape index (κ1) is 18.4. The Kier molecular flexibility index (Phi) is 4.99. The maximum Gasteiger partial charge on any atom is 0.253 e. The van der Waals surface area contributed by atoms with Gasteiger partial charge in [-0.3, -0.25) is 4.79 Å². The van der Waals surface area contributed by atoms with Crippen molar-refractivity contribution in [2.75, 3.05) is 13.1 Å². The zero-order valence-corrected chi connectivity index (χ0v) is 16.6. The first-order chi connectivity index (χ1) is 13.5. The third-order valence-electron chi connectivity index (χ3n) is 5.35. The van der Waals surface area contributed by atoms with Crippen molar-refractivity contribution >= 4 is 5.91 Å². The van der Waals surface area contributed by atoms with E-state index in [1.807, 2.05) is 55.1 Å². The van der Waals surface area contributed by atoms with Gasteiger partial charge in [-0.05, 0) is 45.7 Å².